The van der Waals surface area contributed by atoms with E-state index >= 15 is 0 Å². The molecule has 1 aromatic rings. The van der Waals surface area contributed by atoms with Gasteiger partial charge < -0.3 is 10.6 Å². The van der Waals surface area contributed by atoms with Gasteiger partial charge in [-0.05, 0) is 18.6 Å². The number of aliphatic imine (C=N–C) groups is 1. The van der Waals surface area contributed by atoms with Crippen LogP contribution in [0.3, 0.4) is 0 Å². The normalized spacial score (nSPS) is 15.9. The summed E-state index contributed by atoms with van der Waals surface area (Å²) in [6, 6.07) is 6.08. The standard InChI is InChI=1S/C11H15N3/c1-8-4-3-5-9(10(8)12)11-13-6-7-14(11)2/h3-5H,6-7,12H2,1-2H3. The fourth-order valence-electron chi connectivity index (χ4n) is 1.70. The molecule has 2 rings (SSSR count). The zero-order chi connectivity index (χ0) is 10.1. The number of nitrogens with zero attached hydrogens (tertiary/aromatic N) is 2. The average Bonchev–Trinajstić information content (AvgIpc) is 2.57. The third kappa shape index (κ3) is 1.35. The summed E-state index contributed by atoms with van der Waals surface area (Å²) < 4.78 is 0. The molecule has 0 bridgehead atoms. The molecule has 1 aromatic carbocycles. The number of nitrogen functional groups attached to an aromatic ring is 1. The number of aryl methyl sites for hydroxylation is 1. The fraction of sp³-hybridized carbons (Fsp3) is 0.364. The predicted molar refractivity (Wildman–Crippen MR) is 59.6 cm³/mol. The van der Waals surface area contributed by atoms with E-state index in [1.807, 2.05) is 32.2 Å². The van der Waals surface area contributed by atoms with Crippen LogP contribution >= 0.6 is 0 Å². The van der Waals surface area contributed by atoms with Crippen molar-refractivity contribution in [3.05, 3.63) is 29.3 Å². The maximum Gasteiger partial charge on any atom is 0.132 e. The first-order valence-electron chi connectivity index (χ1n) is 4.81. The Morgan fingerprint density at radius 3 is 2.86 bits per heavy atom. The molecule has 0 unspecified atom stereocenters. The second kappa shape index (κ2) is 3.33. The van der Waals surface area contributed by atoms with Crippen LogP contribution in [-0.4, -0.2) is 30.9 Å². The monoisotopic (exact) mass is 189 g/mol. The third-order valence-corrected chi connectivity index (χ3v) is 2.62. The van der Waals surface area contributed by atoms with Crippen molar-refractivity contribution >= 4 is 11.5 Å². The molecule has 14 heavy (non-hydrogen) atoms. The number of likely N-dealkylation sites (N-methyl/N-ethyl adjacent to an activating group) is 1. The molecule has 1 aliphatic rings. The van der Waals surface area contributed by atoms with Gasteiger partial charge in [-0.25, -0.2) is 0 Å². The lowest BCUT2D eigenvalue weighted by molar-refractivity contribution is 0.557. The molecule has 2 N–H and O–H groups in total. The molecule has 0 amide bonds. The molecular weight excluding hydrogens is 174 g/mol. The highest BCUT2D eigenvalue weighted by Crippen LogP contribution is 2.20. The van der Waals surface area contributed by atoms with Crippen molar-refractivity contribution < 1.29 is 0 Å². The van der Waals surface area contributed by atoms with Crippen molar-refractivity contribution in [1.29, 1.82) is 0 Å². The lowest BCUT2D eigenvalue weighted by Crippen LogP contribution is -2.24. The van der Waals surface area contributed by atoms with Gasteiger partial charge in [0.2, 0.25) is 0 Å². The van der Waals surface area contributed by atoms with Gasteiger partial charge in [0.25, 0.3) is 0 Å². The lowest BCUT2D eigenvalue weighted by Gasteiger charge is -2.16. The van der Waals surface area contributed by atoms with Crippen LogP contribution in [-0.2, 0) is 0 Å². The van der Waals surface area contributed by atoms with Gasteiger partial charge in [0, 0.05) is 24.8 Å². The van der Waals surface area contributed by atoms with Crippen LogP contribution in [0, 0.1) is 6.92 Å². The first-order valence-corrected chi connectivity index (χ1v) is 4.81. The molecule has 0 radical (unpaired) electrons. The van der Waals surface area contributed by atoms with E-state index in [4.69, 9.17) is 5.73 Å². The van der Waals surface area contributed by atoms with Crippen LogP contribution in [0.5, 0.6) is 0 Å². The topological polar surface area (TPSA) is 41.6 Å². The van der Waals surface area contributed by atoms with Gasteiger partial charge in [0.05, 0.1) is 6.54 Å². The van der Waals surface area contributed by atoms with Gasteiger partial charge in [-0.3, -0.25) is 4.99 Å². The highest BCUT2D eigenvalue weighted by molar-refractivity contribution is 6.04. The minimum absolute atomic E-state index is 0.847. The van der Waals surface area contributed by atoms with E-state index in [1.54, 1.807) is 0 Å². The van der Waals surface area contributed by atoms with Crippen molar-refractivity contribution in [1.82, 2.24) is 4.90 Å². The molecular formula is C11H15N3. The van der Waals surface area contributed by atoms with E-state index in [9.17, 15) is 0 Å². The summed E-state index contributed by atoms with van der Waals surface area (Å²) in [4.78, 5) is 6.60. The van der Waals surface area contributed by atoms with Crippen molar-refractivity contribution in [2.45, 2.75) is 6.92 Å². The van der Waals surface area contributed by atoms with Crippen LogP contribution in [0.4, 0.5) is 5.69 Å². The average molecular weight is 189 g/mol. The van der Waals surface area contributed by atoms with Crippen molar-refractivity contribution in [2.75, 3.05) is 25.9 Å². The van der Waals surface area contributed by atoms with Crippen molar-refractivity contribution in [2.24, 2.45) is 4.99 Å². The number of hydrogen-bond acceptors (Lipinski definition) is 3. The summed E-state index contributed by atoms with van der Waals surface area (Å²) in [7, 11) is 2.05. The zero-order valence-electron chi connectivity index (χ0n) is 8.62. The van der Waals surface area contributed by atoms with Crippen LogP contribution in [0.1, 0.15) is 11.1 Å². The molecule has 1 heterocycles. The Labute approximate surface area is 84.2 Å². The second-order valence-electron chi connectivity index (χ2n) is 3.66. The second-order valence-corrected chi connectivity index (χ2v) is 3.66. The number of para-hydroxylation sites is 1. The maximum absolute atomic E-state index is 6.02. The van der Waals surface area contributed by atoms with Crippen molar-refractivity contribution in [3.63, 3.8) is 0 Å². The minimum Gasteiger partial charge on any atom is -0.398 e. The summed E-state index contributed by atoms with van der Waals surface area (Å²) in [6.07, 6.45) is 0. The quantitative estimate of drug-likeness (QED) is 0.676. The van der Waals surface area contributed by atoms with Gasteiger partial charge in [-0.2, -0.15) is 0 Å². The van der Waals surface area contributed by atoms with Gasteiger partial charge >= 0.3 is 0 Å². The fourth-order valence-corrected chi connectivity index (χ4v) is 1.70. The molecule has 0 aliphatic carbocycles. The van der Waals surface area contributed by atoms with E-state index in [2.05, 4.69) is 9.89 Å². The molecule has 0 saturated heterocycles. The summed E-state index contributed by atoms with van der Waals surface area (Å²) in [5.41, 5.74) is 9.04. The van der Waals surface area contributed by atoms with E-state index in [1.165, 1.54) is 0 Å². The molecule has 0 aromatic heterocycles. The molecule has 0 spiro atoms. The summed E-state index contributed by atoms with van der Waals surface area (Å²) >= 11 is 0. The van der Waals surface area contributed by atoms with E-state index < -0.39 is 0 Å². The number of hydrogen-bond donors (Lipinski definition) is 1. The Balaban J connectivity index is 2.46. The largest absolute Gasteiger partial charge is 0.398 e. The molecule has 1 aliphatic heterocycles. The number of anilines is 1. The summed E-state index contributed by atoms with van der Waals surface area (Å²) in [6.45, 7) is 3.89. The number of nitrogens with two attached hydrogens (primary N) is 1. The summed E-state index contributed by atoms with van der Waals surface area (Å²) in [5, 5.41) is 0. The smallest absolute Gasteiger partial charge is 0.132 e. The lowest BCUT2D eigenvalue weighted by atomic mass is 10.1. The van der Waals surface area contributed by atoms with E-state index in [-0.39, 0.29) is 0 Å². The number of amidine groups is 1. The third-order valence-electron chi connectivity index (χ3n) is 2.62. The SMILES string of the molecule is Cc1cccc(C2=NCCN2C)c1N. The zero-order valence-corrected chi connectivity index (χ0v) is 8.62. The summed E-state index contributed by atoms with van der Waals surface area (Å²) in [5.74, 6) is 1.02. The highest BCUT2D eigenvalue weighted by Gasteiger charge is 2.16. The Bertz CT molecular complexity index is 382. The van der Waals surface area contributed by atoms with E-state index in [0.717, 1.165) is 35.7 Å². The van der Waals surface area contributed by atoms with Crippen LogP contribution in [0.15, 0.2) is 23.2 Å². The minimum atomic E-state index is 0.847. The first-order chi connectivity index (χ1) is 6.70. The Kier molecular flexibility index (Phi) is 2.15. The van der Waals surface area contributed by atoms with Crippen molar-refractivity contribution in [3.8, 4) is 0 Å². The van der Waals surface area contributed by atoms with Crippen LogP contribution < -0.4 is 5.73 Å². The van der Waals surface area contributed by atoms with E-state index in [0.29, 0.717) is 0 Å². The first kappa shape index (κ1) is 9.06. The molecule has 0 saturated carbocycles. The van der Waals surface area contributed by atoms with Gasteiger partial charge in [-0.15, -0.1) is 0 Å². The van der Waals surface area contributed by atoms with Crippen LogP contribution in [0.25, 0.3) is 0 Å². The predicted octanol–water partition coefficient (Wildman–Crippen LogP) is 1.27. The molecule has 3 heteroatoms. The Hall–Kier alpha value is -1.51. The molecule has 0 atom stereocenters. The van der Waals surface area contributed by atoms with Crippen LogP contribution in [0.2, 0.25) is 0 Å². The van der Waals surface area contributed by atoms with Gasteiger partial charge in [-0.1, -0.05) is 12.1 Å². The highest BCUT2D eigenvalue weighted by atomic mass is 15.2. The maximum atomic E-state index is 6.02. The molecule has 74 valence electrons. The van der Waals surface area contributed by atoms with Gasteiger partial charge in [0.15, 0.2) is 0 Å². The Morgan fingerprint density at radius 2 is 2.21 bits per heavy atom. The Morgan fingerprint density at radius 1 is 1.43 bits per heavy atom. The number of rotatable bonds is 1. The molecule has 0 fully saturated rings. The number of benzene rings is 1. The molecule has 3 nitrogen and oxygen atoms in total. The van der Waals surface area contributed by atoms with Gasteiger partial charge in [0.1, 0.15) is 5.84 Å².